The standard InChI is InChI=1S/C17H22N2O3/c1-16(2)11(7-8-17(16,3)15(20)21)14-18-12-6-5-10(22-4)9-13(12)19-14/h5-6,9,11H,7-8H2,1-4H3,(H,18,19)(H,20,21)/t11-,17+/m1/s1. The summed E-state index contributed by atoms with van der Waals surface area (Å²) in [6, 6.07) is 5.73. The molecule has 2 aromatic rings. The highest BCUT2D eigenvalue weighted by atomic mass is 16.5. The van der Waals surface area contributed by atoms with Gasteiger partial charge in [0, 0.05) is 12.0 Å². The predicted molar refractivity (Wildman–Crippen MR) is 84.1 cm³/mol. The average molecular weight is 302 g/mol. The second-order valence-electron chi connectivity index (χ2n) is 6.96. The fourth-order valence-corrected chi connectivity index (χ4v) is 3.66. The molecule has 1 aliphatic rings. The van der Waals surface area contributed by atoms with Crippen LogP contribution in [-0.2, 0) is 4.79 Å². The number of rotatable bonds is 3. The van der Waals surface area contributed by atoms with Crippen molar-refractivity contribution >= 4 is 17.0 Å². The minimum Gasteiger partial charge on any atom is -0.497 e. The van der Waals surface area contributed by atoms with E-state index in [0.29, 0.717) is 6.42 Å². The summed E-state index contributed by atoms with van der Waals surface area (Å²) in [5, 5.41) is 9.63. The highest BCUT2D eigenvalue weighted by molar-refractivity contribution is 5.78. The van der Waals surface area contributed by atoms with Gasteiger partial charge in [-0.25, -0.2) is 4.98 Å². The fourth-order valence-electron chi connectivity index (χ4n) is 3.66. The van der Waals surface area contributed by atoms with E-state index in [9.17, 15) is 9.90 Å². The van der Waals surface area contributed by atoms with E-state index in [0.717, 1.165) is 29.0 Å². The molecule has 1 saturated carbocycles. The monoisotopic (exact) mass is 302 g/mol. The Kier molecular flexibility index (Phi) is 3.20. The van der Waals surface area contributed by atoms with Gasteiger partial charge in [0.2, 0.25) is 0 Å². The lowest BCUT2D eigenvalue weighted by Crippen LogP contribution is -2.40. The van der Waals surface area contributed by atoms with Crippen LogP contribution >= 0.6 is 0 Å². The number of carbonyl (C=O) groups is 1. The first-order chi connectivity index (χ1) is 10.3. The maximum absolute atomic E-state index is 11.7. The number of ether oxygens (including phenoxy) is 1. The number of methoxy groups -OCH3 is 1. The summed E-state index contributed by atoms with van der Waals surface area (Å²) in [4.78, 5) is 19.8. The third-order valence-corrected chi connectivity index (χ3v) is 5.74. The van der Waals surface area contributed by atoms with E-state index in [-0.39, 0.29) is 11.3 Å². The van der Waals surface area contributed by atoms with Crippen LogP contribution in [0.3, 0.4) is 0 Å². The third kappa shape index (κ3) is 1.91. The number of nitrogens with zero attached hydrogens (tertiary/aromatic N) is 1. The molecule has 1 fully saturated rings. The van der Waals surface area contributed by atoms with Crippen LogP contribution < -0.4 is 4.74 Å². The zero-order valence-corrected chi connectivity index (χ0v) is 13.4. The molecule has 5 heteroatoms. The molecule has 1 aliphatic carbocycles. The number of hydrogen-bond acceptors (Lipinski definition) is 3. The summed E-state index contributed by atoms with van der Waals surface area (Å²) in [6.45, 7) is 5.92. The van der Waals surface area contributed by atoms with Crippen LogP contribution in [0.2, 0.25) is 0 Å². The van der Waals surface area contributed by atoms with Gasteiger partial charge >= 0.3 is 5.97 Å². The largest absolute Gasteiger partial charge is 0.497 e. The lowest BCUT2D eigenvalue weighted by atomic mass is 9.65. The molecule has 3 rings (SSSR count). The predicted octanol–water partition coefficient (Wildman–Crippen LogP) is 3.57. The van der Waals surface area contributed by atoms with Gasteiger partial charge in [-0.2, -0.15) is 0 Å². The number of aromatic nitrogens is 2. The number of aromatic amines is 1. The van der Waals surface area contributed by atoms with Crippen molar-refractivity contribution in [3.63, 3.8) is 0 Å². The summed E-state index contributed by atoms with van der Waals surface area (Å²) in [7, 11) is 1.64. The number of benzene rings is 1. The number of imidazole rings is 1. The average Bonchev–Trinajstić information content (AvgIpc) is 2.98. The van der Waals surface area contributed by atoms with Crippen molar-refractivity contribution in [2.75, 3.05) is 7.11 Å². The molecule has 0 radical (unpaired) electrons. The molecule has 0 aliphatic heterocycles. The Hall–Kier alpha value is -2.04. The number of hydrogen-bond donors (Lipinski definition) is 2. The Labute approximate surface area is 129 Å². The van der Waals surface area contributed by atoms with Gasteiger partial charge in [-0.05, 0) is 37.3 Å². The number of aliphatic carboxylic acids is 1. The molecule has 2 N–H and O–H groups in total. The van der Waals surface area contributed by atoms with E-state index in [1.165, 1.54) is 0 Å². The molecule has 0 saturated heterocycles. The van der Waals surface area contributed by atoms with E-state index >= 15 is 0 Å². The normalized spacial score (nSPS) is 27.2. The van der Waals surface area contributed by atoms with Gasteiger partial charge in [0.15, 0.2) is 0 Å². The molecule has 118 valence electrons. The highest BCUT2D eigenvalue weighted by Gasteiger charge is 2.57. The lowest BCUT2D eigenvalue weighted by Gasteiger charge is -2.37. The summed E-state index contributed by atoms with van der Waals surface area (Å²) >= 11 is 0. The highest BCUT2D eigenvalue weighted by Crippen LogP contribution is 2.59. The second kappa shape index (κ2) is 4.73. The summed E-state index contributed by atoms with van der Waals surface area (Å²) in [5.41, 5.74) is 0.718. The Balaban J connectivity index is 2.03. The zero-order chi connectivity index (χ0) is 16.1. The van der Waals surface area contributed by atoms with E-state index in [1.807, 2.05) is 39.0 Å². The van der Waals surface area contributed by atoms with Gasteiger partial charge in [0.05, 0.1) is 23.6 Å². The maximum atomic E-state index is 11.7. The van der Waals surface area contributed by atoms with Gasteiger partial charge in [-0.3, -0.25) is 4.79 Å². The molecule has 5 nitrogen and oxygen atoms in total. The van der Waals surface area contributed by atoms with E-state index in [2.05, 4.69) is 9.97 Å². The molecule has 22 heavy (non-hydrogen) atoms. The van der Waals surface area contributed by atoms with Crippen molar-refractivity contribution in [1.29, 1.82) is 0 Å². The maximum Gasteiger partial charge on any atom is 0.309 e. The molecule has 1 aromatic heterocycles. The summed E-state index contributed by atoms with van der Waals surface area (Å²) in [6.07, 6.45) is 1.49. The molecule has 1 aromatic carbocycles. The Morgan fingerprint density at radius 2 is 2.14 bits per heavy atom. The molecule has 0 unspecified atom stereocenters. The minimum atomic E-state index is -0.728. The van der Waals surface area contributed by atoms with Crippen molar-refractivity contribution in [3.05, 3.63) is 24.0 Å². The van der Waals surface area contributed by atoms with Crippen LogP contribution in [0, 0.1) is 10.8 Å². The van der Waals surface area contributed by atoms with Crippen molar-refractivity contribution < 1.29 is 14.6 Å². The van der Waals surface area contributed by atoms with Crippen LogP contribution in [0.4, 0.5) is 0 Å². The van der Waals surface area contributed by atoms with Crippen molar-refractivity contribution in [2.45, 2.75) is 39.5 Å². The van der Waals surface area contributed by atoms with E-state index in [1.54, 1.807) is 7.11 Å². The molecular weight excluding hydrogens is 280 g/mol. The fraction of sp³-hybridized carbons (Fsp3) is 0.529. The quantitative estimate of drug-likeness (QED) is 0.909. The SMILES string of the molecule is COc1ccc2nc([C@H]3CC[C@@](C)(C(=O)O)C3(C)C)[nH]c2c1. The van der Waals surface area contributed by atoms with Crippen molar-refractivity contribution in [2.24, 2.45) is 10.8 Å². The third-order valence-electron chi connectivity index (χ3n) is 5.74. The van der Waals surface area contributed by atoms with Gasteiger partial charge in [0.25, 0.3) is 0 Å². The van der Waals surface area contributed by atoms with Gasteiger partial charge in [0.1, 0.15) is 11.6 Å². The first kappa shape index (κ1) is 14.9. The number of carboxylic acids is 1. The summed E-state index contributed by atoms with van der Waals surface area (Å²) in [5.74, 6) is 1.03. The first-order valence-electron chi connectivity index (χ1n) is 7.56. The minimum absolute atomic E-state index is 0.104. The van der Waals surface area contributed by atoms with Crippen LogP contribution in [0.1, 0.15) is 45.4 Å². The Bertz CT molecular complexity index is 735. The molecule has 2 atom stereocenters. The van der Waals surface area contributed by atoms with Crippen molar-refractivity contribution in [1.82, 2.24) is 9.97 Å². The van der Waals surface area contributed by atoms with Gasteiger partial charge in [-0.15, -0.1) is 0 Å². The molecule has 1 heterocycles. The van der Waals surface area contributed by atoms with Crippen molar-refractivity contribution in [3.8, 4) is 5.75 Å². The lowest BCUT2D eigenvalue weighted by molar-refractivity contribution is -0.153. The summed E-state index contributed by atoms with van der Waals surface area (Å²) < 4.78 is 5.24. The Morgan fingerprint density at radius 1 is 1.41 bits per heavy atom. The van der Waals surface area contributed by atoms with Gasteiger partial charge in [-0.1, -0.05) is 13.8 Å². The van der Waals surface area contributed by atoms with Crippen LogP contribution in [0.25, 0.3) is 11.0 Å². The number of carboxylic acid groups (broad SMARTS) is 1. The molecular formula is C17H22N2O3. The smallest absolute Gasteiger partial charge is 0.309 e. The second-order valence-corrected chi connectivity index (χ2v) is 6.96. The number of nitrogens with one attached hydrogen (secondary N) is 1. The van der Waals surface area contributed by atoms with E-state index in [4.69, 9.17) is 4.74 Å². The zero-order valence-electron chi connectivity index (χ0n) is 13.4. The number of fused-ring (bicyclic) bond motifs is 1. The molecule has 0 bridgehead atoms. The van der Waals surface area contributed by atoms with Crippen LogP contribution in [-0.4, -0.2) is 28.2 Å². The van der Waals surface area contributed by atoms with Gasteiger partial charge < -0.3 is 14.8 Å². The van der Waals surface area contributed by atoms with Crippen LogP contribution in [0.5, 0.6) is 5.75 Å². The van der Waals surface area contributed by atoms with Crippen LogP contribution in [0.15, 0.2) is 18.2 Å². The topological polar surface area (TPSA) is 75.2 Å². The molecule has 0 amide bonds. The molecule has 0 spiro atoms. The number of H-pyrrole nitrogens is 1. The Morgan fingerprint density at radius 3 is 2.73 bits per heavy atom. The van der Waals surface area contributed by atoms with E-state index < -0.39 is 11.4 Å². The first-order valence-corrected chi connectivity index (χ1v) is 7.56.